The minimum Gasteiger partial charge on any atom is -0.385 e. The zero-order valence-corrected chi connectivity index (χ0v) is 12.5. The highest BCUT2D eigenvalue weighted by Crippen LogP contribution is 2.09. The summed E-state index contributed by atoms with van der Waals surface area (Å²) in [5, 5.41) is 2.82. The van der Waals surface area contributed by atoms with Gasteiger partial charge >= 0.3 is 0 Å². The van der Waals surface area contributed by atoms with Crippen LogP contribution in [0.15, 0.2) is 36.9 Å². The average molecular weight is 294 g/mol. The second-order valence-electron chi connectivity index (χ2n) is 4.75. The van der Waals surface area contributed by atoms with Gasteiger partial charge in [0.25, 0.3) is 0 Å². The largest absolute Gasteiger partial charge is 0.385 e. The summed E-state index contributed by atoms with van der Waals surface area (Å²) in [6.45, 7) is 5.99. The average Bonchev–Trinajstić information content (AvgIpc) is 2.46. The number of hydrogen-bond acceptors (Lipinski definition) is 3. The second kappa shape index (κ2) is 10.1. The highest BCUT2D eigenvalue weighted by Gasteiger charge is 2.11. The van der Waals surface area contributed by atoms with Crippen LogP contribution in [0.1, 0.15) is 12.0 Å². The number of nitrogens with zero attached hydrogens (tertiary/aromatic N) is 1. The molecule has 1 N–H and O–H groups in total. The third-order valence-electron chi connectivity index (χ3n) is 2.95. The molecule has 0 aliphatic rings. The standard InChI is InChI=1S/C16H23FN2O2/c1-3-10-19(12-14-7-4-5-8-15(14)17)13-16(20)18-9-6-11-21-2/h3-5,7-8H,1,6,9-13H2,2H3,(H,18,20). The number of amides is 1. The van der Waals surface area contributed by atoms with E-state index in [1.54, 1.807) is 31.4 Å². The van der Waals surface area contributed by atoms with E-state index in [4.69, 9.17) is 4.74 Å². The van der Waals surface area contributed by atoms with Crippen LogP contribution in [0.5, 0.6) is 0 Å². The molecule has 0 unspecified atom stereocenters. The summed E-state index contributed by atoms with van der Waals surface area (Å²) >= 11 is 0. The highest BCUT2D eigenvalue weighted by molar-refractivity contribution is 5.78. The van der Waals surface area contributed by atoms with Gasteiger partial charge in [-0.2, -0.15) is 0 Å². The predicted octanol–water partition coefficient (Wildman–Crippen LogP) is 1.97. The quantitative estimate of drug-likeness (QED) is 0.530. The summed E-state index contributed by atoms with van der Waals surface area (Å²) in [5.74, 6) is -0.337. The lowest BCUT2D eigenvalue weighted by molar-refractivity contribution is -0.122. The molecule has 0 atom stereocenters. The van der Waals surface area contributed by atoms with Crippen LogP contribution in [0.2, 0.25) is 0 Å². The number of halogens is 1. The maximum atomic E-state index is 13.6. The number of benzene rings is 1. The second-order valence-corrected chi connectivity index (χ2v) is 4.75. The topological polar surface area (TPSA) is 41.6 Å². The van der Waals surface area contributed by atoms with Gasteiger partial charge in [0.05, 0.1) is 6.54 Å². The fourth-order valence-electron chi connectivity index (χ4n) is 1.94. The zero-order valence-electron chi connectivity index (χ0n) is 12.5. The molecule has 4 nitrogen and oxygen atoms in total. The van der Waals surface area contributed by atoms with Gasteiger partial charge in [0.2, 0.25) is 5.91 Å². The molecule has 1 aromatic carbocycles. The Hall–Kier alpha value is -1.72. The van der Waals surface area contributed by atoms with E-state index in [0.29, 0.717) is 31.8 Å². The van der Waals surface area contributed by atoms with E-state index in [-0.39, 0.29) is 18.3 Å². The van der Waals surface area contributed by atoms with E-state index in [1.165, 1.54) is 6.07 Å². The first-order valence-corrected chi connectivity index (χ1v) is 6.99. The Morgan fingerprint density at radius 3 is 2.90 bits per heavy atom. The molecule has 0 aliphatic heterocycles. The Bertz CT molecular complexity index is 452. The van der Waals surface area contributed by atoms with Gasteiger partial charge in [-0.25, -0.2) is 4.39 Å². The lowest BCUT2D eigenvalue weighted by atomic mass is 10.2. The summed E-state index contributed by atoms with van der Waals surface area (Å²) in [7, 11) is 1.63. The fraction of sp³-hybridized carbons (Fsp3) is 0.438. The van der Waals surface area contributed by atoms with Crippen LogP contribution in [0, 0.1) is 5.82 Å². The molecule has 5 heteroatoms. The first kappa shape index (κ1) is 17.3. The normalized spacial score (nSPS) is 10.6. The van der Waals surface area contributed by atoms with E-state index >= 15 is 0 Å². The van der Waals surface area contributed by atoms with Gasteiger partial charge in [-0.05, 0) is 12.5 Å². The maximum absolute atomic E-state index is 13.6. The van der Waals surface area contributed by atoms with Crippen LogP contribution in [0.25, 0.3) is 0 Å². The van der Waals surface area contributed by atoms with Gasteiger partial charge in [-0.15, -0.1) is 6.58 Å². The van der Waals surface area contributed by atoms with E-state index in [0.717, 1.165) is 6.42 Å². The lowest BCUT2D eigenvalue weighted by Gasteiger charge is -2.20. The summed E-state index contributed by atoms with van der Waals surface area (Å²) in [6, 6.07) is 6.59. The SMILES string of the molecule is C=CCN(CC(=O)NCCCOC)Cc1ccccc1F. The van der Waals surface area contributed by atoms with Gasteiger partial charge in [0.15, 0.2) is 0 Å². The van der Waals surface area contributed by atoms with Crippen molar-refractivity contribution in [2.75, 3.05) is 33.4 Å². The third kappa shape index (κ3) is 7.02. The number of carbonyl (C=O) groups excluding carboxylic acids is 1. The van der Waals surface area contributed by atoms with Crippen molar-refractivity contribution in [1.29, 1.82) is 0 Å². The van der Waals surface area contributed by atoms with Gasteiger partial charge in [0, 0.05) is 38.9 Å². The Kier molecular flexibility index (Phi) is 8.31. The molecule has 0 saturated heterocycles. The van der Waals surface area contributed by atoms with E-state index in [9.17, 15) is 9.18 Å². The molecule has 0 aromatic heterocycles. The molecular weight excluding hydrogens is 271 g/mol. The monoisotopic (exact) mass is 294 g/mol. The van der Waals surface area contributed by atoms with Crippen molar-refractivity contribution in [2.45, 2.75) is 13.0 Å². The summed E-state index contributed by atoms with van der Waals surface area (Å²) < 4.78 is 18.6. The minimum atomic E-state index is -0.257. The van der Waals surface area contributed by atoms with Gasteiger partial charge in [-0.1, -0.05) is 24.3 Å². The fourth-order valence-corrected chi connectivity index (χ4v) is 1.94. The first-order valence-electron chi connectivity index (χ1n) is 6.99. The number of ether oxygens (including phenoxy) is 1. The Morgan fingerprint density at radius 1 is 1.48 bits per heavy atom. The molecule has 1 amide bonds. The predicted molar refractivity (Wildman–Crippen MR) is 81.4 cm³/mol. The maximum Gasteiger partial charge on any atom is 0.234 e. The van der Waals surface area contributed by atoms with Crippen molar-refractivity contribution >= 4 is 5.91 Å². The molecule has 0 heterocycles. The van der Waals surface area contributed by atoms with Crippen LogP contribution < -0.4 is 5.32 Å². The van der Waals surface area contributed by atoms with E-state index < -0.39 is 0 Å². The Morgan fingerprint density at radius 2 is 2.24 bits per heavy atom. The Balaban J connectivity index is 2.47. The van der Waals surface area contributed by atoms with Crippen molar-refractivity contribution in [3.63, 3.8) is 0 Å². The van der Waals surface area contributed by atoms with Crippen LogP contribution >= 0.6 is 0 Å². The molecule has 0 radical (unpaired) electrons. The molecule has 116 valence electrons. The number of methoxy groups -OCH3 is 1. The number of nitrogens with one attached hydrogen (secondary N) is 1. The van der Waals surface area contributed by atoms with Crippen molar-refractivity contribution in [3.05, 3.63) is 48.3 Å². The molecule has 0 aliphatic carbocycles. The Labute approximate surface area is 125 Å². The summed E-state index contributed by atoms with van der Waals surface area (Å²) in [5.41, 5.74) is 0.575. The molecule has 0 saturated carbocycles. The van der Waals surface area contributed by atoms with Gasteiger partial charge in [0.1, 0.15) is 5.82 Å². The molecule has 0 bridgehead atoms. The van der Waals surface area contributed by atoms with Crippen LogP contribution in [-0.4, -0.2) is 44.2 Å². The molecule has 1 rings (SSSR count). The minimum absolute atomic E-state index is 0.0794. The van der Waals surface area contributed by atoms with Crippen LogP contribution in [0.4, 0.5) is 4.39 Å². The van der Waals surface area contributed by atoms with Gasteiger partial charge < -0.3 is 10.1 Å². The van der Waals surface area contributed by atoms with Crippen molar-refractivity contribution in [1.82, 2.24) is 10.2 Å². The van der Waals surface area contributed by atoms with Crippen molar-refractivity contribution in [2.24, 2.45) is 0 Å². The van der Waals surface area contributed by atoms with E-state index in [2.05, 4.69) is 11.9 Å². The number of hydrogen-bond donors (Lipinski definition) is 1. The molecule has 0 fully saturated rings. The smallest absolute Gasteiger partial charge is 0.234 e. The van der Waals surface area contributed by atoms with Crippen LogP contribution in [-0.2, 0) is 16.1 Å². The van der Waals surface area contributed by atoms with Crippen molar-refractivity contribution in [3.8, 4) is 0 Å². The zero-order chi connectivity index (χ0) is 15.5. The van der Waals surface area contributed by atoms with Crippen molar-refractivity contribution < 1.29 is 13.9 Å². The lowest BCUT2D eigenvalue weighted by Crippen LogP contribution is -2.37. The molecular formula is C16H23FN2O2. The first-order chi connectivity index (χ1) is 10.2. The molecule has 21 heavy (non-hydrogen) atoms. The molecule has 0 spiro atoms. The van der Waals surface area contributed by atoms with E-state index in [1.807, 2.05) is 4.90 Å². The number of carbonyl (C=O) groups is 1. The highest BCUT2D eigenvalue weighted by atomic mass is 19.1. The van der Waals surface area contributed by atoms with Gasteiger partial charge in [-0.3, -0.25) is 9.69 Å². The molecule has 1 aromatic rings. The summed E-state index contributed by atoms with van der Waals surface area (Å²) in [4.78, 5) is 13.7. The summed E-state index contributed by atoms with van der Waals surface area (Å²) in [6.07, 6.45) is 2.48. The third-order valence-corrected chi connectivity index (χ3v) is 2.95. The number of rotatable bonds is 10. The van der Waals surface area contributed by atoms with Crippen LogP contribution in [0.3, 0.4) is 0 Å².